The molecule has 7 nitrogen and oxygen atoms in total. The first-order chi connectivity index (χ1) is 13.7. The van der Waals surface area contributed by atoms with Gasteiger partial charge in [-0.25, -0.2) is 4.98 Å². The quantitative estimate of drug-likeness (QED) is 0.470. The smallest absolute Gasteiger partial charge is 0.260 e. The van der Waals surface area contributed by atoms with E-state index in [2.05, 4.69) is 25.7 Å². The van der Waals surface area contributed by atoms with Crippen LogP contribution >= 0.6 is 23.1 Å². The number of carbonyl (C=O) groups excluding carboxylic acids is 1. The highest BCUT2D eigenvalue weighted by Gasteiger charge is 2.16. The van der Waals surface area contributed by atoms with Gasteiger partial charge < -0.3 is 4.52 Å². The van der Waals surface area contributed by atoms with E-state index in [-0.39, 0.29) is 5.91 Å². The average molecular weight is 409 g/mol. The van der Waals surface area contributed by atoms with E-state index >= 15 is 0 Å². The zero-order valence-electron chi connectivity index (χ0n) is 14.8. The number of amides is 1. The van der Waals surface area contributed by atoms with Crippen LogP contribution in [0.4, 0.5) is 5.13 Å². The zero-order chi connectivity index (χ0) is 19.3. The number of carbonyl (C=O) groups is 1. The molecule has 1 aromatic carbocycles. The number of rotatable bonds is 6. The third-order valence-corrected chi connectivity index (χ3v) is 5.64. The molecule has 0 aliphatic rings. The highest BCUT2D eigenvalue weighted by atomic mass is 32.2. The van der Waals surface area contributed by atoms with Crippen LogP contribution in [0.5, 0.6) is 0 Å². The van der Waals surface area contributed by atoms with Gasteiger partial charge in [0.2, 0.25) is 5.13 Å². The largest absolute Gasteiger partial charge is 0.361 e. The van der Waals surface area contributed by atoms with Crippen molar-refractivity contribution in [3.63, 3.8) is 0 Å². The van der Waals surface area contributed by atoms with E-state index in [9.17, 15) is 4.79 Å². The summed E-state index contributed by atoms with van der Waals surface area (Å²) in [4.78, 5) is 17.1. The highest BCUT2D eigenvalue weighted by Crippen LogP contribution is 2.28. The van der Waals surface area contributed by atoms with Crippen molar-refractivity contribution in [3.05, 3.63) is 71.7 Å². The fraction of sp³-hybridized carbons (Fsp3) is 0.105. The minimum atomic E-state index is -0.275. The van der Waals surface area contributed by atoms with E-state index in [0.29, 0.717) is 21.5 Å². The van der Waals surface area contributed by atoms with Crippen molar-refractivity contribution in [2.75, 3.05) is 5.32 Å². The summed E-state index contributed by atoms with van der Waals surface area (Å²) in [5, 5.41) is 16.8. The summed E-state index contributed by atoms with van der Waals surface area (Å²) >= 11 is 2.75. The maximum Gasteiger partial charge on any atom is 0.260 e. The summed E-state index contributed by atoms with van der Waals surface area (Å²) < 4.78 is 5.07. The normalized spacial score (nSPS) is 10.8. The molecule has 3 aromatic heterocycles. The van der Waals surface area contributed by atoms with Crippen molar-refractivity contribution in [3.8, 4) is 10.6 Å². The summed E-state index contributed by atoms with van der Waals surface area (Å²) in [6.45, 7) is 1.84. The molecule has 4 aromatic rings. The molecule has 1 N–H and O–H groups in total. The maximum absolute atomic E-state index is 12.7. The highest BCUT2D eigenvalue weighted by molar-refractivity contribution is 7.98. The van der Waals surface area contributed by atoms with E-state index < -0.39 is 0 Å². The van der Waals surface area contributed by atoms with Gasteiger partial charge in [0.25, 0.3) is 5.91 Å². The first-order valence-electron chi connectivity index (χ1n) is 8.39. The van der Waals surface area contributed by atoms with E-state index in [1.807, 2.05) is 43.3 Å². The minimum Gasteiger partial charge on any atom is -0.361 e. The monoisotopic (exact) mass is 409 g/mol. The van der Waals surface area contributed by atoms with Crippen molar-refractivity contribution in [2.24, 2.45) is 0 Å². The summed E-state index contributed by atoms with van der Waals surface area (Å²) in [5.41, 5.74) is 2.24. The molecule has 0 fully saturated rings. The third kappa shape index (κ3) is 4.26. The van der Waals surface area contributed by atoms with Crippen molar-refractivity contribution in [2.45, 2.75) is 17.7 Å². The Morgan fingerprint density at radius 2 is 2.04 bits per heavy atom. The van der Waals surface area contributed by atoms with Crippen LogP contribution in [0.1, 0.15) is 21.8 Å². The second-order valence-electron chi connectivity index (χ2n) is 5.81. The van der Waals surface area contributed by atoms with Crippen LogP contribution in [0.15, 0.2) is 64.3 Å². The Morgan fingerprint density at radius 3 is 2.82 bits per heavy atom. The summed E-state index contributed by atoms with van der Waals surface area (Å²) in [7, 11) is 0. The Labute approximate surface area is 169 Å². The lowest BCUT2D eigenvalue weighted by molar-refractivity contribution is 0.102. The number of aromatic nitrogens is 4. The van der Waals surface area contributed by atoms with Gasteiger partial charge in [0.15, 0.2) is 0 Å². The van der Waals surface area contributed by atoms with Crippen molar-refractivity contribution >= 4 is 34.1 Å². The Bertz CT molecular complexity index is 1090. The number of thioether (sulfide) groups is 1. The predicted molar refractivity (Wildman–Crippen MR) is 108 cm³/mol. The second kappa shape index (κ2) is 8.32. The van der Waals surface area contributed by atoms with Crippen LogP contribution in [-0.4, -0.2) is 26.2 Å². The molecule has 3 heterocycles. The van der Waals surface area contributed by atoms with Gasteiger partial charge in [-0.3, -0.25) is 10.1 Å². The number of hydrogen-bond donors (Lipinski definition) is 1. The molecule has 4 rings (SSSR count). The van der Waals surface area contributed by atoms with Gasteiger partial charge >= 0.3 is 0 Å². The van der Waals surface area contributed by atoms with Crippen molar-refractivity contribution < 1.29 is 9.32 Å². The fourth-order valence-corrected chi connectivity index (χ4v) is 4.06. The van der Waals surface area contributed by atoms with Crippen molar-refractivity contribution in [1.29, 1.82) is 0 Å². The molecule has 0 saturated carbocycles. The van der Waals surface area contributed by atoms with Crippen LogP contribution < -0.4 is 5.32 Å². The lowest BCUT2D eigenvalue weighted by atomic mass is 10.2. The van der Waals surface area contributed by atoms with Gasteiger partial charge in [-0.15, -0.1) is 10.2 Å². The van der Waals surface area contributed by atoms with Gasteiger partial charge in [0, 0.05) is 23.6 Å². The lowest BCUT2D eigenvalue weighted by Gasteiger charge is -2.06. The molecule has 0 saturated heterocycles. The topological polar surface area (TPSA) is 93.8 Å². The van der Waals surface area contributed by atoms with E-state index in [1.165, 1.54) is 23.1 Å². The Kier molecular flexibility index (Phi) is 5.45. The molecular weight excluding hydrogens is 394 g/mol. The molecule has 0 bridgehead atoms. The Hall–Kier alpha value is -3.04. The lowest BCUT2D eigenvalue weighted by Crippen LogP contribution is -2.13. The summed E-state index contributed by atoms with van der Waals surface area (Å²) in [6, 6.07) is 15.0. The first kappa shape index (κ1) is 18.3. The molecule has 0 aliphatic carbocycles. The number of pyridine rings is 1. The molecule has 0 spiro atoms. The van der Waals surface area contributed by atoms with E-state index in [1.54, 1.807) is 18.3 Å². The molecule has 9 heteroatoms. The zero-order valence-corrected chi connectivity index (χ0v) is 16.5. The summed E-state index contributed by atoms with van der Waals surface area (Å²) in [6.07, 6.45) is 1.66. The third-order valence-electron chi connectivity index (χ3n) is 3.72. The Balaban J connectivity index is 1.47. The predicted octanol–water partition coefficient (Wildman–Crippen LogP) is 4.44. The maximum atomic E-state index is 12.7. The molecule has 0 unspecified atom stereocenters. The molecular formula is C19H15N5O2S2. The SMILES string of the molecule is Cc1cc(CSc2ncccc2C(=O)Nc2nnc(-c3ccccc3)s2)no1. The van der Waals surface area contributed by atoms with Crippen molar-refractivity contribution in [1.82, 2.24) is 20.3 Å². The number of hydrogen-bond acceptors (Lipinski definition) is 8. The van der Waals surface area contributed by atoms with Gasteiger partial charge in [-0.2, -0.15) is 0 Å². The molecule has 0 radical (unpaired) electrons. The molecule has 0 aliphatic heterocycles. The van der Waals surface area contributed by atoms with Crippen LogP contribution in [0.25, 0.3) is 10.6 Å². The van der Waals surface area contributed by atoms with Crippen LogP contribution in [0.2, 0.25) is 0 Å². The second-order valence-corrected chi connectivity index (χ2v) is 7.75. The Morgan fingerprint density at radius 1 is 1.18 bits per heavy atom. The number of benzene rings is 1. The van der Waals surface area contributed by atoms with E-state index in [4.69, 9.17) is 4.52 Å². The molecule has 0 atom stereocenters. The summed E-state index contributed by atoms with van der Waals surface area (Å²) in [5.74, 6) is 1.04. The number of anilines is 1. The van der Waals surface area contributed by atoms with Crippen LogP contribution in [0, 0.1) is 6.92 Å². The number of nitrogens with zero attached hydrogens (tertiary/aromatic N) is 4. The van der Waals surface area contributed by atoms with Gasteiger partial charge in [-0.05, 0) is 19.1 Å². The average Bonchev–Trinajstić information content (AvgIpc) is 3.36. The number of nitrogens with one attached hydrogen (secondary N) is 1. The fourth-order valence-electron chi connectivity index (χ4n) is 2.44. The minimum absolute atomic E-state index is 0.275. The van der Waals surface area contributed by atoms with Crippen LogP contribution in [-0.2, 0) is 5.75 Å². The molecule has 1 amide bonds. The van der Waals surface area contributed by atoms with Gasteiger partial charge in [-0.1, -0.05) is 58.6 Å². The van der Waals surface area contributed by atoms with E-state index in [0.717, 1.165) is 22.0 Å². The number of aryl methyl sites for hydroxylation is 1. The molecule has 140 valence electrons. The van der Waals surface area contributed by atoms with Gasteiger partial charge in [0.1, 0.15) is 15.8 Å². The standard InChI is InChI=1S/C19H15N5O2S2/c1-12-10-14(24-26-12)11-27-18-15(8-5-9-20-18)16(25)21-19-23-22-17(28-19)13-6-3-2-4-7-13/h2-10H,11H2,1H3,(H,21,23,25). The van der Waals surface area contributed by atoms with Gasteiger partial charge in [0.05, 0.1) is 11.3 Å². The van der Waals surface area contributed by atoms with Crippen LogP contribution in [0.3, 0.4) is 0 Å². The first-order valence-corrected chi connectivity index (χ1v) is 10.2. The molecule has 28 heavy (non-hydrogen) atoms.